The van der Waals surface area contributed by atoms with E-state index in [4.69, 9.17) is 14.5 Å². The number of amides is 1. The molecular weight excluding hydrogens is 462 g/mol. The zero-order chi connectivity index (χ0) is 25.2. The highest BCUT2D eigenvalue weighted by atomic mass is 16.6. The van der Waals surface area contributed by atoms with E-state index in [1.54, 1.807) is 0 Å². The minimum Gasteiger partial charge on any atom is -0.486 e. The van der Waals surface area contributed by atoms with Crippen LogP contribution >= 0.6 is 0 Å². The van der Waals surface area contributed by atoms with Crippen molar-refractivity contribution in [1.29, 1.82) is 0 Å². The Hall–Kier alpha value is -4.06. The van der Waals surface area contributed by atoms with Gasteiger partial charge in [-0.2, -0.15) is 0 Å². The van der Waals surface area contributed by atoms with Gasteiger partial charge in [0.15, 0.2) is 11.5 Å². The molecule has 2 heterocycles. The van der Waals surface area contributed by atoms with Crippen molar-refractivity contribution in [3.8, 4) is 34.1 Å². The molecule has 37 heavy (non-hydrogen) atoms. The predicted octanol–water partition coefficient (Wildman–Crippen LogP) is 6.21. The quantitative estimate of drug-likeness (QED) is 0.336. The largest absolute Gasteiger partial charge is 0.486 e. The molecule has 6 nitrogen and oxygen atoms in total. The highest BCUT2D eigenvalue weighted by Gasteiger charge is 2.28. The lowest BCUT2D eigenvalue weighted by atomic mass is 9.99. The highest BCUT2D eigenvalue weighted by Crippen LogP contribution is 2.37. The molecule has 0 spiro atoms. The maximum Gasteiger partial charge on any atom is 0.270 e. The van der Waals surface area contributed by atoms with Gasteiger partial charge in [-0.25, -0.2) is 4.98 Å². The first-order valence-electron chi connectivity index (χ1n) is 13.2. The van der Waals surface area contributed by atoms with Gasteiger partial charge in [0, 0.05) is 17.7 Å². The van der Waals surface area contributed by atoms with Crippen LogP contribution in [0.4, 0.5) is 0 Å². The fraction of sp³-hybridized carbons (Fsp3) is 0.290. The maximum absolute atomic E-state index is 14.1. The van der Waals surface area contributed by atoms with Crippen LogP contribution in [0.1, 0.15) is 53.8 Å². The molecule has 0 saturated heterocycles. The number of hydrogen-bond donors (Lipinski definition) is 1. The van der Waals surface area contributed by atoms with Crippen molar-refractivity contribution in [3.05, 3.63) is 89.6 Å². The van der Waals surface area contributed by atoms with Crippen LogP contribution in [-0.4, -0.2) is 28.7 Å². The van der Waals surface area contributed by atoms with Crippen molar-refractivity contribution in [2.45, 2.75) is 45.2 Å². The van der Waals surface area contributed by atoms with E-state index in [2.05, 4.69) is 36.5 Å². The van der Waals surface area contributed by atoms with E-state index in [1.807, 2.05) is 53.1 Å². The average Bonchev–Trinajstić information content (AvgIpc) is 3.23. The van der Waals surface area contributed by atoms with E-state index >= 15 is 0 Å². The second-order valence-electron chi connectivity index (χ2n) is 9.57. The standard InChI is InChI=1S/C31H31N3O3/c1-2-34-29(31(35)32-25-15-9-7-11-21-10-6-8-14-24(21)25)28(33-30(34)22-12-4-3-5-13-22)23-16-17-26-27(20-23)37-19-18-36-26/h3-6,8,10,12-14,16-17,20,25H,2,7,9,11,15,18-19H2,1H3,(H,32,35). The van der Waals surface area contributed by atoms with Gasteiger partial charge < -0.3 is 19.4 Å². The Labute approximate surface area is 217 Å². The van der Waals surface area contributed by atoms with Crippen LogP contribution in [0, 0.1) is 0 Å². The lowest BCUT2D eigenvalue weighted by Crippen LogP contribution is -2.31. The molecule has 1 aromatic heterocycles. The van der Waals surface area contributed by atoms with Gasteiger partial charge in [0.25, 0.3) is 5.91 Å². The van der Waals surface area contributed by atoms with E-state index in [0.717, 1.165) is 42.6 Å². The Bertz CT molecular complexity index is 1430. The normalized spacial score (nSPS) is 16.5. The summed E-state index contributed by atoms with van der Waals surface area (Å²) < 4.78 is 13.6. The third-order valence-electron chi connectivity index (χ3n) is 7.27. The van der Waals surface area contributed by atoms with E-state index in [0.29, 0.717) is 42.6 Å². The smallest absolute Gasteiger partial charge is 0.270 e. The molecule has 0 bridgehead atoms. The summed E-state index contributed by atoms with van der Waals surface area (Å²) in [5, 5.41) is 3.39. The number of carbonyl (C=O) groups excluding carboxylic acids is 1. The zero-order valence-corrected chi connectivity index (χ0v) is 21.1. The Morgan fingerprint density at radius 2 is 1.73 bits per heavy atom. The Morgan fingerprint density at radius 3 is 2.57 bits per heavy atom. The van der Waals surface area contributed by atoms with E-state index < -0.39 is 0 Å². The number of nitrogens with zero attached hydrogens (tertiary/aromatic N) is 2. The molecular formula is C31H31N3O3. The van der Waals surface area contributed by atoms with Crippen molar-refractivity contribution in [2.75, 3.05) is 13.2 Å². The molecule has 3 aromatic carbocycles. The number of hydrogen-bond acceptors (Lipinski definition) is 4. The molecule has 1 N–H and O–H groups in total. The van der Waals surface area contributed by atoms with E-state index in [1.165, 1.54) is 11.1 Å². The zero-order valence-electron chi connectivity index (χ0n) is 21.1. The lowest BCUT2D eigenvalue weighted by Gasteiger charge is -2.21. The molecule has 1 aliphatic carbocycles. The van der Waals surface area contributed by atoms with Crippen LogP contribution in [0.15, 0.2) is 72.8 Å². The number of aromatic nitrogens is 2. The molecule has 1 amide bonds. The third kappa shape index (κ3) is 4.48. The number of carbonyl (C=O) groups is 1. The van der Waals surface area contributed by atoms with Gasteiger partial charge in [-0.05, 0) is 55.5 Å². The highest BCUT2D eigenvalue weighted by molar-refractivity contribution is 6.00. The fourth-order valence-electron chi connectivity index (χ4n) is 5.49. The minimum absolute atomic E-state index is 0.0281. The number of rotatable bonds is 5. The van der Waals surface area contributed by atoms with Crippen molar-refractivity contribution in [3.63, 3.8) is 0 Å². The van der Waals surface area contributed by atoms with Crippen molar-refractivity contribution >= 4 is 5.91 Å². The summed E-state index contributed by atoms with van der Waals surface area (Å²) in [4.78, 5) is 19.2. The first kappa shape index (κ1) is 23.3. The monoisotopic (exact) mass is 493 g/mol. The number of imidazole rings is 1. The minimum atomic E-state index is -0.108. The molecule has 1 unspecified atom stereocenters. The Kier molecular flexibility index (Phi) is 6.39. The van der Waals surface area contributed by atoms with Gasteiger partial charge in [-0.1, -0.05) is 61.0 Å². The molecule has 0 saturated carbocycles. The Morgan fingerprint density at radius 1 is 0.946 bits per heavy atom. The summed E-state index contributed by atoms with van der Waals surface area (Å²) in [6.07, 6.45) is 4.19. The summed E-state index contributed by atoms with van der Waals surface area (Å²) in [6.45, 7) is 3.71. The first-order chi connectivity index (χ1) is 18.2. The second-order valence-corrected chi connectivity index (χ2v) is 9.57. The van der Waals surface area contributed by atoms with Crippen molar-refractivity contribution < 1.29 is 14.3 Å². The Balaban J connectivity index is 1.45. The van der Waals surface area contributed by atoms with Crippen LogP contribution in [-0.2, 0) is 13.0 Å². The molecule has 0 fully saturated rings. The van der Waals surface area contributed by atoms with Crippen LogP contribution < -0.4 is 14.8 Å². The van der Waals surface area contributed by atoms with Crippen LogP contribution in [0.25, 0.3) is 22.6 Å². The average molecular weight is 494 g/mol. The first-order valence-corrected chi connectivity index (χ1v) is 13.2. The van der Waals surface area contributed by atoms with Gasteiger partial charge in [0.05, 0.1) is 6.04 Å². The predicted molar refractivity (Wildman–Crippen MR) is 144 cm³/mol. The molecule has 2 aliphatic rings. The number of benzene rings is 3. The molecule has 1 atom stereocenters. The van der Waals surface area contributed by atoms with Crippen LogP contribution in [0.5, 0.6) is 11.5 Å². The molecule has 6 heteroatoms. The molecule has 188 valence electrons. The third-order valence-corrected chi connectivity index (χ3v) is 7.27. The topological polar surface area (TPSA) is 65.4 Å². The second kappa shape index (κ2) is 10.1. The summed E-state index contributed by atoms with van der Waals surface area (Å²) >= 11 is 0. The summed E-state index contributed by atoms with van der Waals surface area (Å²) in [5.41, 5.74) is 5.57. The van der Waals surface area contributed by atoms with Crippen molar-refractivity contribution in [2.24, 2.45) is 0 Å². The summed E-state index contributed by atoms with van der Waals surface area (Å²) in [6, 6.07) is 24.3. The van der Waals surface area contributed by atoms with Gasteiger partial charge in [-0.3, -0.25) is 4.79 Å². The maximum atomic E-state index is 14.1. The van der Waals surface area contributed by atoms with Crippen molar-refractivity contribution in [1.82, 2.24) is 14.9 Å². The molecule has 4 aromatic rings. The van der Waals surface area contributed by atoms with Gasteiger partial charge >= 0.3 is 0 Å². The number of fused-ring (bicyclic) bond motifs is 2. The van der Waals surface area contributed by atoms with E-state index in [9.17, 15) is 4.79 Å². The SMILES string of the molecule is CCn1c(-c2ccccc2)nc(-c2ccc3c(c2)OCCO3)c1C(=O)NC1CCCCc2ccccc21. The van der Waals surface area contributed by atoms with Crippen LogP contribution in [0.3, 0.4) is 0 Å². The number of aryl methyl sites for hydroxylation is 1. The molecule has 0 radical (unpaired) electrons. The van der Waals surface area contributed by atoms with E-state index in [-0.39, 0.29) is 11.9 Å². The van der Waals surface area contributed by atoms with Gasteiger partial charge in [0.1, 0.15) is 30.4 Å². The molecule has 6 rings (SSSR count). The van der Waals surface area contributed by atoms with Crippen LogP contribution in [0.2, 0.25) is 0 Å². The lowest BCUT2D eigenvalue weighted by molar-refractivity contribution is 0.0926. The number of ether oxygens (including phenoxy) is 2. The fourth-order valence-corrected chi connectivity index (χ4v) is 5.49. The van der Waals surface area contributed by atoms with Gasteiger partial charge in [-0.15, -0.1) is 0 Å². The van der Waals surface area contributed by atoms with Gasteiger partial charge in [0.2, 0.25) is 0 Å². The summed E-state index contributed by atoms with van der Waals surface area (Å²) in [5.74, 6) is 2.07. The molecule has 1 aliphatic heterocycles. The summed E-state index contributed by atoms with van der Waals surface area (Å²) in [7, 11) is 0. The number of nitrogens with one attached hydrogen (secondary N) is 1.